The molecule has 0 bridgehead atoms. The third kappa shape index (κ3) is 2.70. The van der Waals surface area contributed by atoms with E-state index in [1.807, 2.05) is 42.5 Å². The Balaban J connectivity index is 2.33. The van der Waals surface area contributed by atoms with Crippen LogP contribution in [0.2, 0.25) is 0 Å². The molecule has 90 valence electrons. The lowest BCUT2D eigenvalue weighted by Crippen LogP contribution is -2.00. The van der Waals surface area contributed by atoms with Crippen molar-refractivity contribution in [3.8, 4) is 11.8 Å². The summed E-state index contributed by atoms with van der Waals surface area (Å²) in [4.78, 5) is 0. The minimum absolute atomic E-state index is 0.127. The Kier molecular flexibility index (Phi) is 3.98. The molecule has 0 unspecified atom stereocenters. The van der Waals surface area contributed by atoms with Gasteiger partial charge in [0, 0.05) is 12.3 Å². The SMILES string of the molecule is COc1ccc([C@@H](CC#N)c2ccccc2)cc1. The zero-order chi connectivity index (χ0) is 12.8. The van der Waals surface area contributed by atoms with Crippen molar-refractivity contribution in [3.63, 3.8) is 0 Å². The molecule has 0 aliphatic carbocycles. The maximum Gasteiger partial charge on any atom is 0.118 e. The standard InChI is InChI=1S/C16H15NO/c1-18-15-9-7-14(8-10-15)16(11-12-17)13-5-3-2-4-6-13/h2-10,16H,11H2,1H3/t16-/m0/s1. The van der Waals surface area contributed by atoms with E-state index in [2.05, 4.69) is 18.2 Å². The third-order valence-corrected chi connectivity index (χ3v) is 3.02. The Morgan fingerprint density at radius 1 is 1.00 bits per heavy atom. The van der Waals surface area contributed by atoms with E-state index < -0.39 is 0 Å². The fourth-order valence-corrected chi connectivity index (χ4v) is 2.04. The third-order valence-electron chi connectivity index (χ3n) is 3.02. The summed E-state index contributed by atoms with van der Waals surface area (Å²) < 4.78 is 5.15. The molecule has 0 saturated heterocycles. The number of hydrogen-bond acceptors (Lipinski definition) is 2. The quantitative estimate of drug-likeness (QED) is 0.811. The van der Waals surface area contributed by atoms with Gasteiger partial charge in [0.1, 0.15) is 5.75 Å². The monoisotopic (exact) mass is 237 g/mol. The van der Waals surface area contributed by atoms with Crippen molar-refractivity contribution in [2.45, 2.75) is 12.3 Å². The molecule has 0 radical (unpaired) electrons. The van der Waals surface area contributed by atoms with Gasteiger partial charge >= 0.3 is 0 Å². The van der Waals surface area contributed by atoms with Crippen LogP contribution in [0.25, 0.3) is 0 Å². The van der Waals surface area contributed by atoms with Gasteiger partial charge in [-0.15, -0.1) is 0 Å². The molecule has 18 heavy (non-hydrogen) atoms. The topological polar surface area (TPSA) is 33.0 Å². The van der Waals surface area contributed by atoms with Gasteiger partial charge in [-0.3, -0.25) is 0 Å². The first kappa shape index (κ1) is 12.2. The van der Waals surface area contributed by atoms with Gasteiger partial charge in [-0.2, -0.15) is 5.26 Å². The molecule has 0 spiro atoms. The molecule has 0 aromatic heterocycles. The van der Waals surface area contributed by atoms with Crippen molar-refractivity contribution in [2.75, 3.05) is 7.11 Å². The molecule has 2 nitrogen and oxygen atoms in total. The summed E-state index contributed by atoms with van der Waals surface area (Å²) in [6.07, 6.45) is 0.482. The highest BCUT2D eigenvalue weighted by Gasteiger charge is 2.13. The second-order valence-electron chi connectivity index (χ2n) is 4.10. The predicted octanol–water partition coefficient (Wildman–Crippen LogP) is 3.74. The maximum absolute atomic E-state index is 8.99. The van der Waals surface area contributed by atoms with E-state index >= 15 is 0 Å². The minimum atomic E-state index is 0.127. The van der Waals surface area contributed by atoms with Gasteiger partial charge in [-0.25, -0.2) is 0 Å². The van der Waals surface area contributed by atoms with E-state index in [0.29, 0.717) is 6.42 Å². The van der Waals surface area contributed by atoms with E-state index in [0.717, 1.165) is 11.3 Å². The van der Waals surface area contributed by atoms with Crippen LogP contribution in [0, 0.1) is 11.3 Å². The summed E-state index contributed by atoms with van der Waals surface area (Å²) in [6.45, 7) is 0. The normalized spacial score (nSPS) is 11.6. The maximum atomic E-state index is 8.99. The first-order chi connectivity index (χ1) is 8.85. The van der Waals surface area contributed by atoms with Crippen LogP contribution in [-0.4, -0.2) is 7.11 Å². The zero-order valence-electron chi connectivity index (χ0n) is 10.3. The summed E-state index contributed by atoms with van der Waals surface area (Å²) in [6, 6.07) is 20.3. The van der Waals surface area contributed by atoms with Gasteiger partial charge in [0.05, 0.1) is 13.2 Å². The molecule has 0 amide bonds. The highest BCUT2D eigenvalue weighted by molar-refractivity contribution is 5.36. The second-order valence-corrected chi connectivity index (χ2v) is 4.10. The van der Waals surface area contributed by atoms with Crippen molar-refractivity contribution in [1.29, 1.82) is 5.26 Å². The van der Waals surface area contributed by atoms with Gasteiger partial charge in [-0.05, 0) is 23.3 Å². The number of methoxy groups -OCH3 is 1. The lowest BCUT2D eigenvalue weighted by atomic mass is 9.89. The van der Waals surface area contributed by atoms with E-state index in [1.165, 1.54) is 5.56 Å². The van der Waals surface area contributed by atoms with E-state index in [4.69, 9.17) is 10.00 Å². The average molecular weight is 237 g/mol. The molecular weight excluding hydrogens is 222 g/mol. The Bertz CT molecular complexity index is 525. The number of nitriles is 1. The van der Waals surface area contributed by atoms with Crippen LogP contribution >= 0.6 is 0 Å². The van der Waals surface area contributed by atoms with Gasteiger partial charge in [0.15, 0.2) is 0 Å². The Morgan fingerprint density at radius 2 is 1.61 bits per heavy atom. The van der Waals surface area contributed by atoms with Crippen molar-refractivity contribution < 1.29 is 4.74 Å². The van der Waals surface area contributed by atoms with Gasteiger partial charge < -0.3 is 4.74 Å². The van der Waals surface area contributed by atoms with Crippen molar-refractivity contribution in [3.05, 3.63) is 65.7 Å². The second kappa shape index (κ2) is 5.88. The lowest BCUT2D eigenvalue weighted by molar-refractivity contribution is 0.414. The highest BCUT2D eigenvalue weighted by Crippen LogP contribution is 2.28. The van der Waals surface area contributed by atoms with Crippen LogP contribution in [-0.2, 0) is 0 Å². The molecule has 0 fully saturated rings. The summed E-state index contributed by atoms with van der Waals surface area (Å²) in [5, 5.41) is 8.99. The summed E-state index contributed by atoms with van der Waals surface area (Å²) in [5.41, 5.74) is 2.31. The molecule has 2 aromatic carbocycles. The first-order valence-corrected chi connectivity index (χ1v) is 5.91. The van der Waals surface area contributed by atoms with E-state index in [1.54, 1.807) is 7.11 Å². The van der Waals surface area contributed by atoms with E-state index in [-0.39, 0.29) is 5.92 Å². The zero-order valence-corrected chi connectivity index (χ0v) is 10.3. The van der Waals surface area contributed by atoms with Gasteiger partial charge in [0.2, 0.25) is 0 Å². The molecule has 2 aromatic rings. The Hall–Kier alpha value is -2.27. The molecule has 0 heterocycles. The van der Waals surface area contributed by atoms with Crippen LogP contribution < -0.4 is 4.74 Å². The van der Waals surface area contributed by atoms with E-state index in [9.17, 15) is 0 Å². The molecule has 2 heteroatoms. The molecule has 1 atom stereocenters. The highest BCUT2D eigenvalue weighted by atomic mass is 16.5. The van der Waals surface area contributed by atoms with Crippen LogP contribution in [0.5, 0.6) is 5.75 Å². The summed E-state index contributed by atoms with van der Waals surface area (Å²) in [5.74, 6) is 0.963. The average Bonchev–Trinajstić information content (AvgIpc) is 2.46. The van der Waals surface area contributed by atoms with Gasteiger partial charge in [-0.1, -0.05) is 42.5 Å². The van der Waals surface area contributed by atoms with Crippen LogP contribution in [0.4, 0.5) is 0 Å². The molecule has 0 saturated carbocycles. The summed E-state index contributed by atoms with van der Waals surface area (Å²) in [7, 11) is 1.65. The van der Waals surface area contributed by atoms with Crippen molar-refractivity contribution in [1.82, 2.24) is 0 Å². The first-order valence-electron chi connectivity index (χ1n) is 5.91. The number of nitrogens with zero attached hydrogens (tertiary/aromatic N) is 1. The Labute approximate surface area is 107 Å². The van der Waals surface area contributed by atoms with Crippen molar-refractivity contribution in [2.24, 2.45) is 0 Å². The van der Waals surface area contributed by atoms with Crippen LogP contribution in [0.1, 0.15) is 23.5 Å². The fourth-order valence-electron chi connectivity index (χ4n) is 2.04. The molecular formula is C16H15NO. The largest absolute Gasteiger partial charge is 0.497 e. The van der Waals surface area contributed by atoms with Crippen molar-refractivity contribution >= 4 is 0 Å². The summed E-state index contributed by atoms with van der Waals surface area (Å²) >= 11 is 0. The number of ether oxygens (including phenoxy) is 1. The number of hydrogen-bond donors (Lipinski definition) is 0. The Morgan fingerprint density at radius 3 is 2.17 bits per heavy atom. The molecule has 0 aliphatic heterocycles. The van der Waals surface area contributed by atoms with Gasteiger partial charge in [0.25, 0.3) is 0 Å². The molecule has 2 rings (SSSR count). The number of rotatable bonds is 4. The minimum Gasteiger partial charge on any atom is -0.497 e. The lowest BCUT2D eigenvalue weighted by Gasteiger charge is -2.15. The smallest absolute Gasteiger partial charge is 0.118 e. The van der Waals surface area contributed by atoms with Crippen LogP contribution in [0.3, 0.4) is 0 Å². The predicted molar refractivity (Wildman–Crippen MR) is 71.5 cm³/mol. The number of benzene rings is 2. The molecule has 0 aliphatic rings. The molecule has 0 N–H and O–H groups in total. The fraction of sp³-hybridized carbons (Fsp3) is 0.188. The van der Waals surface area contributed by atoms with Crippen LogP contribution in [0.15, 0.2) is 54.6 Å².